The molecule has 2 N–H and O–H groups in total. The Bertz CT molecular complexity index is 775. The summed E-state index contributed by atoms with van der Waals surface area (Å²) in [5.41, 5.74) is 4.89. The van der Waals surface area contributed by atoms with E-state index in [2.05, 4.69) is 5.32 Å². The zero-order valence-corrected chi connectivity index (χ0v) is 13.2. The molecule has 0 heterocycles. The molecule has 0 aromatic heterocycles. The molecule has 1 amide bonds. The van der Waals surface area contributed by atoms with Crippen LogP contribution in [0.2, 0.25) is 0 Å². The summed E-state index contributed by atoms with van der Waals surface area (Å²) < 4.78 is 0. The zero-order chi connectivity index (χ0) is 16.6. The minimum Gasteiger partial charge on any atom is -0.478 e. The number of benzene rings is 2. The van der Waals surface area contributed by atoms with Gasteiger partial charge in [0.05, 0.1) is 11.6 Å². The predicted octanol–water partition coefficient (Wildman–Crippen LogP) is 3.42. The molecule has 4 heteroatoms. The minimum atomic E-state index is -0.945. The first-order chi connectivity index (χ1) is 11.0. The second kappa shape index (κ2) is 5.88. The van der Waals surface area contributed by atoms with E-state index in [9.17, 15) is 9.59 Å². The molecule has 23 heavy (non-hydrogen) atoms. The second-order valence-electron chi connectivity index (χ2n) is 6.05. The molecule has 1 aliphatic rings. The molecule has 0 saturated heterocycles. The van der Waals surface area contributed by atoms with Crippen molar-refractivity contribution in [1.82, 2.24) is 5.32 Å². The van der Waals surface area contributed by atoms with Crippen molar-refractivity contribution in [1.29, 1.82) is 0 Å². The van der Waals surface area contributed by atoms with Gasteiger partial charge < -0.3 is 10.4 Å². The molecule has 2 aromatic rings. The lowest BCUT2D eigenvalue weighted by Crippen LogP contribution is -2.28. The Morgan fingerprint density at radius 1 is 1.13 bits per heavy atom. The van der Waals surface area contributed by atoms with Gasteiger partial charge in [-0.1, -0.05) is 24.3 Å². The normalized spacial score (nSPS) is 16.0. The number of amides is 1. The number of hydrogen-bond acceptors (Lipinski definition) is 2. The van der Waals surface area contributed by atoms with E-state index in [1.807, 2.05) is 38.1 Å². The van der Waals surface area contributed by atoms with Crippen molar-refractivity contribution in [2.75, 3.05) is 0 Å². The average Bonchev–Trinajstić information content (AvgIpc) is 2.89. The molecule has 0 bridgehead atoms. The first-order valence-corrected chi connectivity index (χ1v) is 7.70. The van der Waals surface area contributed by atoms with Gasteiger partial charge in [0.15, 0.2) is 0 Å². The highest BCUT2D eigenvalue weighted by Crippen LogP contribution is 2.32. The first kappa shape index (κ1) is 15.3. The highest BCUT2D eigenvalue weighted by atomic mass is 16.4. The number of fused-ring (bicyclic) bond motifs is 1. The lowest BCUT2D eigenvalue weighted by Gasteiger charge is -2.17. The van der Waals surface area contributed by atoms with Crippen LogP contribution in [-0.2, 0) is 6.42 Å². The number of carboxylic acid groups (broad SMARTS) is 1. The van der Waals surface area contributed by atoms with Gasteiger partial charge in [0, 0.05) is 5.56 Å². The van der Waals surface area contributed by atoms with Crippen LogP contribution in [-0.4, -0.2) is 17.0 Å². The zero-order valence-electron chi connectivity index (χ0n) is 13.2. The Labute approximate surface area is 135 Å². The topological polar surface area (TPSA) is 66.4 Å². The third kappa shape index (κ3) is 2.84. The number of aryl methyl sites for hydroxylation is 3. The van der Waals surface area contributed by atoms with Gasteiger partial charge in [0.2, 0.25) is 0 Å². The van der Waals surface area contributed by atoms with E-state index in [1.165, 1.54) is 0 Å². The smallest absolute Gasteiger partial charge is 0.335 e. The Morgan fingerprint density at radius 3 is 2.48 bits per heavy atom. The lowest BCUT2D eigenvalue weighted by atomic mass is 10.0. The van der Waals surface area contributed by atoms with Crippen LogP contribution in [0.5, 0.6) is 0 Å². The van der Waals surface area contributed by atoms with Crippen LogP contribution < -0.4 is 5.32 Å². The average molecular weight is 309 g/mol. The molecule has 0 aliphatic heterocycles. The van der Waals surface area contributed by atoms with Crippen LogP contribution in [0, 0.1) is 13.8 Å². The first-order valence-electron chi connectivity index (χ1n) is 7.70. The Kier molecular flexibility index (Phi) is 3.90. The van der Waals surface area contributed by atoms with Gasteiger partial charge in [0.1, 0.15) is 0 Å². The van der Waals surface area contributed by atoms with Gasteiger partial charge in [-0.05, 0) is 61.1 Å². The van der Waals surface area contributed by atoms with Crippen LogP contribution in [0.25, 0.3) is 0 Å². The maximum absolute atomic E-state index is 12.6. The monoisotopic (exact) mass is 309 g/mol. The standard InChI is InChI=1S/C19H19NO3/c1-11-4-3-5-12(2)17(11)18(21)20-16-9-8-13-6-7-14(19(22)23)10-15(13)16/h3-7,10,16H,8-9H2,1-2H3,(H,20,21)(H,22,23)/t16-/m1/s1. The van der Waals surface area contributed by atoms with E-state index in [0.29, 0.717) is 5.56 Å². The van der Waals surface area contributed by atoms with E-state index in [4.69, 9.17) is 5.11 Å². The summed E-state index contributed by atoms with van der Waals surface area (Å²) in [5, 5.41) is 12.2. The van der Waals surface area contributed by atoms with Crippen molar-refractivity contribution in [2.24, 2.45) is 0 Å². The summed E-state index contributed by atoms with van der Waals surface area (Å²) in [4.78, 5) is 23.8. The highest BCUT2D eigenvalue weighted by Gasteiger charge is 2.26. The molecule has 0 spiro atoms. The third-order valence-corrected chi connectivity index (χ3v) is 4.48. The number of carbonyl (C=O) groups excluding carboxylic acids is 1. The Balaban J connectivity index is 1.87. The van der Waals surface area contributed by atoms with E-state index in [0.717, 1.165) is 35.1 Å². The van der Waals surface area contributed by atoms with Crippen molar-refractivity contribution < 1.29 is 14.7 Å². The van der Waals surface area contributed by atoms with Gasteiger partial charge in [0.25, 0.3) is 5.91 Å². The summed E-state index contributed by atoms with van der Waals surface area (Å²) in [6.07, 6.45) is 1.65. The van der Waals surface area contributed by atoms with Crippen molar-refractivity contribution >= 4 is 11.9 Å². The quantitative estimate of drug-likeness (QED) is 0.913. The molecular formula is C19H19NO3. The van der Waals surface area contributed by atoms with E-state index in [-0.39, 0.29) is 17.5 Å². The number of hydrogen-bond donors (Lipinski definition) is 2. The van der Waals surface area contributed by atoms with Crippen LogP contribution in [0.1, 0.15) is 55.4 Å². The van der Waals surface area contributed by atoms with Crippen molar-refractivity contribution in [2.45, 2.75) is 32.7 Å². The van der Waals surface area contributed by atoms with Gasteiger partial charge in [-0.2, -0.15) is 0 Å². The summed E-state index contributed by atoms with van der Waals surface area (Å²) in [5.74, 6) is -1.04. The third-order valence-electron chi connectivity index (χ3n) is 4.48. The molecule has 1 aliphatic carbocycles. The molecule has 0 unspecified atom stereocenters. The molecular weight excluding hydrogens is 290 g/mol. The van der Waals surface area contributed by atoms with Crippen LogP contribution in [0.15, 0.2) is 36.4 Å². The molecule has 0 saturated carbocycles. The van der Waals surface area contributed by atoms with Gasteiger partial charge in [-0.25, -0.2) is 4.79 Å². The summed E-state index contributed by atoms with van der Waals surface area (Å²) in [6.45, 7) is 3.85. The molecule has 1 atom stereocenters. The predicted molar refractivity (Wildman–Crippen MR) is 87.8 cm³/mol. The minimum absolute atomic E-state index is 0.0980. The maximum atomic E-state index is 12.6. The highest BCUT2D eigenvalue weighted by molar-refractivity contribution is 5.97. The van der Waals surface area contributed by atoms with Crippen molar-refractivity contribution in [3.05, 3.63) is 69.8 Å². The summed E-state index contributed by atoms with van der Waals surface area (Å²) in [7, 11) is 0. The molecule has 4 nitrogen and oxygen atoms in total. The fraction of sp³-hybridized carbons (Fsp3) is 0.263. The van der Waals surface area contributed by atoms with Gasteiger partial charge in [-0.15, -0.1) is 0 Å². The largest absolute Gasteiger partial charge is 0.478 e. The molecule has 118 valence electrons. The summed E-state index contributed by atoms with van der Waals surface area (Å²) in [6, 6.07) is 10.8. The lowest BCUT2D eigenvalue weighted by molar-refractivity contribution is 0.0696. The molecule has 3 rings (SSSR count). The molecule has 0 radical (unpaired) electrons. The van der Waals surface area contributed by atoms with Crippen molar-refractivity contribution in [3.63, 3.8) is 0 Å². The SMILES string of the molecule is Cc1cccc(C)c1C(=O)N[C@@H]1CCc2ccc(C(=O)O)cc21. The van der Waals surface area contributed by atoms with Crippen LogP contribution in [0.4, 0.5) is 0 Å². The van der Waals surface area contributed by atoms with Crippen LogP contribution in [0.3, 0.4) is 0 Å². The van der Waals surface area contributed by atoms with E-state index >= 15 is 0 Å². The molecule has 0 fully saturated rings. The van der Waals surface area contributed by atoms with E-state index < -0.39 is 5.97 Å². The number of rotatable bonds is 3. The van der Waals surface area contributed by atoms with Gasteiger partial charge >= 0.3 is 5.97 Å². The maximum Gasteiger partial charge on any atom is 0.335 e. The Hall–Kier alpha value is -2.62. The second-order valence-corrected chi connectivity index (χ2v) is 6.05. The number of carbonyl (C=O) groups is 2. The van der Waals surface area contributed by atoms with Gasteiger partial charge in [-0.3, -0.25) is 4.79 Å². The summed E-state index contributed by atoms with van der Waals surface area (Å²) >= 11 is 0. The van der Waals surface area contributed by atoms with Crippen LogP contribution >= 0.6 is 0 Å². The fourth-order valence-corrected chi connectivity index (χ4v) is 3.29. The van der Waals surface area contributed by atoms with Crippen molar-refractivity contribution in [3.8, 4) is 0 Å². The molecule has 2 aromatic carbocycles. The number of carboxylic acids is 1. The number of nitrogens with one attached hydrogen (secondary N) is 1. The fourth-order valence-electron chi connectivity index (χ4n) is 3.29. The van der Waals surface area contributed by atoms with E-state index in [1.54, 1.807) is 12.1 Å². The number of aromatic carboxylic acids is 1. The Morgan fingerprint density at radius 2 is 1.83 bits per heavy atom.